The van der Waals surface area contributed by atoms with Crippen LogP contribution in [0.4, 0.5) is 0 Å². The highest BCUT2D eigenvalue weighted by Gasteiger charge is 2.76. The maximum atomic E-state index is 10.2. The molecule has 4 rings (SSSR count). The minimum atomic E-state index is -0.973. The molecule has 0 aromatic rings. The van der Waals surface area contributed by atoms with E-state index in [0.717, 1.165) is 26.1 Å². The van der Waals surface area contributed by atoms with Crippen LogP contribution in [0.2, 0.25) is 0 Å². The lowest BCUT2D eigenvalue weighted by Crippen LogP contribution is -2.62. The van der Waals surface area contributed by atoms with Crippen LogP contribution in [-0.2, 0) is 9.47 Å². The summed E-state index contributed by atoms with van der Waals surface area (Å²) < 4.78 is 11.0. The highest BCUT2D eigenvalue weighted by Crippen LogP contribution is 2.71. The standard InChI is InChI=1S/C11H16O4/c12-9-10(13)15-8-2-1-6-5-3-14-4-7(5)11(6,8)9/h5-10,12-13H,1-4H2/t5-,6-,7-,8+,9-,10?,11+/m0/s1. The van der Waals surface area contributed by atoms with Gasteiger partial charge in [0.25, 0.3) is 0 Å². The fraction of sp³-hybridized carbons (Fsp3) is 1.00. The van der Waals surface area contributed by atoms with Gasteiger partial charge in [0.1, 0.15) is 6.10 Å². The molecule has 0 bridgehead atoms. The molecule has 1 spiro atoms. The Balaban J connectivity index is 1.78. The van der Waals surface area contributed by atoms with Gasteiger partial charge in [0, 0.05) is 5.41 Å². The van der Waals surface area contributed by atoms with E-state index in [4.69, 9.17) is 9.47 Å². The molecule has 2 saturated heterocycles. The molecule has 0 radical (unpaired) electrons. The molecule has 2 N–H and O–H groups in total. The molecule has 2 heterocycles. The quantitative estimate of drug-likeness (QED) is 0.580. The van der Waals surface area contributed by atoms with Crippen LogP contribution >= 0.6 is 0 Å². The van der Waals surface area contributed by atoms with Crippen molar-refractivity contribution in [3.63, 3.8) is 0 Å². The first kappa shape index (κ1) is 8.93. The fourth-order valence-electron chi connectivity index (χ4n) is 4.84. The Labute approximate surface area is 88.2 Å². The van der Waals surface area contributed by atoms with Crippen molar-refractivity contribution in [2.24, 2.45) is 23.2 Å². The van der Waals surface area contributed by atoms with Gasteiger partial charge in [-0.05, 0) is 30.6 Å². The zero-order valence-electron chi connectivity index (χ0n) is 8.50. The summed E-state index contributed by atoms with van der Waals surface area (Å²) in [6, 6.07) is 0. The lowest BCUT2D eigenvalue weighted by atomic mass is 9.47. The number of ether oxygens (including phenoxy) is 2. The molecule has 0 aromatic carbocycles. The second-order valence-electron chi connectivity index (χ2n) is 5.45. The third-order valence-electron chi connectivity index (χ3n) is 5.31. The molecule has 4 nitrogen and oxygen atoms in total. The van der Waals surface area contributed by atoms with E-state index >= 15 is 0 Å². The summed E-state index contributed by atoms with van der Waals surface area (Å²) in [5, 5.41) is 19.8. The van der Waals surface area contributed by atoms with Gasteiger partial charge in [-0.15, -0.1) is 0 Å². The molecule has 2 saturated carbocycles. The van der Waals surface area contributed by atoms with Crippen LogP contribution in [0.1, 0.15) is 12.8 Å². The summed E-state index contributed by atoms with van der Waals surface area (Å²) >= 11 is 0. The zero-order valence-corrected chi connectivity index (χ0v) is 8.50. The molecule has 7 atom stereocenters. The van der Waals surface area contributed by atoms with Gasteiger partial charge in [-0.3, -0.25) is 0 Å². The summed E-state index contributed by atoms with van der Waals surface area (Å²) in [6.45, 7) is 1.58. The van der Waals surface area contributed by atoms with E-state index < -0.39 is 12.4 Å². The van der Waals surface area contributed by atoms with Crippen LogP contribution < -0.4 is 0 Å². The van der Waals surface area contributed by atoms with Crippen LogP contribution in [0.15, 0.2) is 0 Å². The van der Waals surface area contributed by atoms with Crippen molar-refractivity contribution in [2.75, 3.05) is 13.2 Å². The van der Waals surface area contributed by atoms with Gasteiger partial charge in [0.15, 0.2) is 6.29 Å². The van der Waals surface area contributed by atoms with E-state index in [1.807, 2.05) is 0 Å². The first-order chi connectivity index (χ1) is 7.26. The Morgan fingerprint density at radius 1 is 1.07 bits per heavy atom. The highest BCUT2D eigenvalue weighted by atomic mass is 16.6. The molecular weight excluding hydrogens is 196 g/mol. The number of rotatable bonds is 0. The topological polar surface area (TPSA) is 58.9 Å². The van der Waals surface area contributed by atoms with Crippen LogP contribution in [0.25, 0.3) is 0 Å². The first-order valence-corrected chi connectivity index (χ1v) is 5.85. The largest absolute Gasteiger partial charge is 0.387 e. The molecule has 15 heavy (non-hydrogen) atoms. The summed E-state index contributed by atoms with van der Waals surface area (Å²) in [5.41, 5.74) is -0.166. The van der Waals surface area contributed by atoms with Gasteiger partial charge in [0.05, 0.1) is 19.3 Å². The fourth-order valence-corrected chi connectivity index (χ4v) is 4.84. The third-order valence-corrected chi connectivity index (χ3v) is 5.31. The number of hydrogen-bond donors (Lipinski definition) is 2. The van der Waals surface area contributed by atoms with Crippen LogP contribution in [0.5, 0.6) is 0 Å². The minimum absolute atomic E-state index is 0.0652. The molecule has 4 aliphatic rings. The average molecular weight is 212 g/mol. The zero-order chi connectivity index (χ0) is 10.2. The Hall–Kier alpha value is -0.160. The summed E-state index contributed by atoms with van der Waals surface area (Å²) in [4.78, 5) is 0. The van der Waals surface area contributed by atoms with E-state index in [2.05, 4.69) is 0 Å². The number of aliphatic hydroxyl groups is 2. The van der Waals surface area contributed by atoms with Gasteiger partial charge in [-0.1, -0.05) is 0 Å². The predicted octanol–water partition coefficient (Wildman–Crippen LogP) is -0.263. The van der Waals surface area contributed by atoms with E-state index in [1.165, 1.54) is 0 Å². The number of fused-ring (bicyclic) bond motifs is 2. The van der Waals surface area contributed by atoms with E-state index in [-0.39, 0.29) is 11.5 Å². The second-order valence-corrected chi connectivity index (χ2v) is 5.45. The smallest absolute Gasteiger partial charge is 0.181 e. The first-order valence-electron chi connectivity index (χ1n) is 5.85. The van der Waals surface area contributed by atoms with Gasteiger partial charge in [-0.25, -0.2) is 0 Å². The van der Waals surface area contributed by atoms with E-state index in [0.29, 0.717) is 17.8 Å². The molecule has 0 amide bonds. The normalized spacial score (nSPS) is 66.0. The van der Waals surface area contributed by atoms with Crippen molar-refractivity contribution in [1.82, 2.24) is 0 Å². The van der Waals surface area contributed by atoms with Gasteiger partial charge < -0.3 is 19.7 Å². The van der Waals surface area contributed by atoms with Crippen LogP contribution in [-0.4, -0.2) is 41.9 Å². The van der Waals surface area contributed by atoms with E-state index in [9.17, 15) is 10.2 Å². The Morgan fingerprint density at radius 3 is 2.80 bits per heavy atom. The third kappa shape index (κ3) is 0.751. The molecule has 0 aromatic heterocycles. The van der Waals surface area contributed by atoms with Crippen molar-refractivity contribution in [3.05, 3.63) is 0 Å². The lowest BCUT2D eigenvalue weighted by molar-refractivity contribution is -0.160. The molecule has 84 valence electrons. The monoisotopic (exact) mass is 212 g/mol. The van der Waals surface area contributed by atoms with Crippen molar-refractivity contribution < 1.29 is 19.7 Å². The van der Waals surface area contributed by atoms with Crippen molar-refractivity contribution in [2.45, 2.75) is 31.3 Å². The molecular formula is C11H16O4. The maximum Gasteiger partial charge on any atom is 0.181 e. The Bertz CT molecular complexity index is 295. The molecule has 2 aliphatic carbocycles. The lowest BCUT2D eigenvalue weighted by Gasteiger charge is -2.56. The van der Waals surface area contributed by atoms with Gasteiger partial charge >= 0.3 is 0 Å². The molecule has 2 aliphatic heterocycles. The van der Waals surface area contributed by atoms with Crippen molar-refractivity contribution in [1.29, 1.82) is 0 Å². The minimum Gasteiger partial charge on any atom is -0.387 e. The Morgan fingerprint density at radius 2 is 1.93 bits per heavy atom. The van der Waals surface area contributed by atoms with Crippen LogP contribution in [0, 0.1) is 23.2 Å². The number of aliphatic hydroxyl groups excluding tert-OH is 2. The summed E-state index contributed by atoms with van der Waals surface area (Å²) in [6.07, 6.45) is 0.512. The predicted molar refractivity (Wildman–Crippen MR) is 49.8 cm³/mol. The SMILES string of the molecule is OC1O[C@@H]2CC[C@H]3[C@@H]4COC[C@@H]4[C@@]23[C@H]1O. The highest BCUT2D eigenvalue weighted by molar-refractivity contribution is 5.21. The summed E-state index contributed by atoms with van der Waals surface area (Å²) in [5.74, 6) is 1.54. The molecule has 1 unspecified atom stereocenters. The average Bonchev–Trinajstić information content (AvgIpc) is 2.79. The Kier molecular flexibility index (Phi) is 1.53. The van der Waals surface area contributed by atoms with Gasteiger partial charge in [0.2, 0.25) is 0 Å². The van der Waals surface area contributed by atoms with Gasteiger partial charge in [-0.2, -0.15) is 0 Å². The van der Waals surface area contributed by atoms with Crippen molar-refractivity contribution >= 4 is 0 Å². The summed E-state index contributed by atoms with van der Waals surface area (Å²) in [7, 11) is 0. The molecule has 4 heteroatoms. The molecule has 4 fully saturated rings. The van der Waals surface area contributed by atoms with E-state index in [1.54, 1.807) is 0 Å². The maximum absolute atomic E-state index is 10.2. The second kappa shape index (κ2) is 2.56. The number of hydrogen-bond acceptors (Lipinski definition) is 4. The van der Waals surface area contributed by atoms with Crippen LogP contribution in [0.3, 0.4) is 0 Å². The van der Waals surface area contributed by atoms with Crippen molar-refractivity contribution in [3.8, 4) is 0 Å².